The summed E-state index contributed by atoms with van der Waals surface area (Å²) in [4.78, 5) is 12.8. The van der Waals surface area contributed by atoms with Crippen molar-refractivity contribution in [3.63, 3.8) is 0 Å². The van der Waals surface area contributed by atoms with Crippen LogP contribution in [0.1, 0.15) is 6.42 Å². The van der Waals surface area contributed by atoms with E-state index in [1.807, 2.05) is 0 Å². The van der Waals surface area contributed by atoms with Crippen molar-refractivity contribution in [2.75, 3.05) is 33.4 Å². The normalized spacial score (nSPS) is 17.6. The maximum atomic E-state index is 10.6. The van der Waals surface area contributed by atoms with E-state index in [2.05, 4.69) is 4.90 Å². The van der Waals surface area contributed by atoms with Crippen molar-refractivity contribution >= 4 is 18.3 Å². The molecule has 0 bridgehead atoms. The average Bonchev–Trinajstić information content (AvgIpc) is 1.93. The molecule has 0 aliphatic carbocycles. The smallest absolute Gasteiger partial charge is 0.223 e. The molecular formula is C8H17ClN2O2. The van der Waals surface area contributed by atoms with Crippen LogP contribution in [0.25, 0.3) is 0 Å². The number of primary amides is 1. The molecule has 1 amide bonds. The van der Waals surface area contributed by atoms with Gasteiger partial charge >= 0.3 is 0 Å². The minimum Gasteiger partial charge on any atom is -0.385 e. The summed E-state index contributed by atoms with van der Waals surface area (Å²) >= 11 is 0. The summed E-state index contributed by atoms with van der Waals surface area (Å²) in [6.07, 6.45) is 1.03. The molecule has 0 aromatic carbocycles. The van der Waals surface area contributed by atoms with E-state index in [4.69, 9.17) is 10.5 Å². The molecule has 0 atom stereocenters. The first kappa shape index (κ1) is 12.7. The summed E-state index contributed by atoms with van der Waals surface area (Å²) in [6, 6.07) is 0. The van der Waals surface area contributed by atoms with Crippen molar-refractivity contribution in [2.45, 2.75) is 6.42 Å². The number of amides is 1. The average molecular weight is 209 g/mol. The molecule has 0 radical (unpaired) electrons. The Morgan fingerprint density at radius 2 is 2.23 bits per heavy atom. The number of ether oxygens (including phenoxy) is 1. The van der Waals surface area contributed by atoms with Crippen LogP contribution in [0.3, 0.4) is 0 Å². The van der Waals surface area contributed by atoms with Crippen LogP contribution in [0.4, 0.5) is 0 Å². The van der Waals surface area contributed by atoms with E-state index in [0.717, 1.165) is 32.7 Å². The van der Waals surface area contributed by atoms with Crippen LogP contribution < -0.4 is 5.73 Å². The van der Waals surface area contributed by atoms with Gasteiger partial charge in [0.1, 0.15) is 0 Å². The fourth-order valence-electron chi connectivity index (χ4n) is 1.36. The number of halogens is 1. The van der Waals surface area contributed by atoms with E-state index in [1.54, 1.807) is 7.11 Å². The summed E-state index contributed by atoms with van der Waals surface area (Å²) in [6.45, 7) is 3.47. The lowest BCUT2D eigenvalue weighted by molar-refractivity contribution is -0.126. The largest absolute Gasteiger partial charge is 0.385 e. The monoisotopic (exact) mass is 208 g/mol. The lowest BCUT2D eigenvalue weighted by atomic mass is 10.00. The van der Waals surface area contributed by atoms with Gasteiger partial charge in [-0.1, -0.05) is 0 Å². The quantitative estimate of drug-likeness (QED) is 0.640. The molecule has 0 unspecified atom stereocenters. The zero-order valence-corrected chi connectivity index (χ0v) is 8.68. The molecule has 5 heteroatoms. The van der Waals surface area contributed by atoms with Gasteiger partial charge in [-0.05, 0) is 6.42 Å². The van der Waals surface area contributed by atoms with Crippen molar-refractivity contribution in [2.24, 2.45) is 11.7 Å². The molecule has 1 heterocycles. The fraction of sp³-hybridized carbons (Fsp3) is 0.875. The number of likely N-dealkylation sites (tertiary alicyclic amines) is 1. The molecular weight excluding hydrogens is 192 g/mol. The highest BCUT2D eigenvalue weighted by Crippen LogP contribution is 2.14. The van der Waals surface area contributed by atoms with Gasteiger partial charge in [-0.3, -0.25) is 4.79 Å². The Hall–Kier alpha value is -0.320. The van der Waals surface area contributed by atoms with Crippen LogP contribution in [0.5, 0.6) is 0 Å². The number of nitrogens with two attached hydrogens (primary N) is 1. The Morgan fingerprint density at radius 3 is 2.69 bits per heavy atom. The van der Waals surface area contributed by atoms with Gasteiger partial charge < -0.3 is 15.4 Å². The first-order valence-corrected chi connectivity index (χ1v) is 4.24. The van der Waals surface area contributed by atoms with Crippen LogP contribution in [-0.2, 0) is 9.53 Å². The second-order valence-electron chi connectivity index (χ2n) is 3.21. The van der Waals surface area contributed by atoms with Gasteiger partial charge in [-0.25, -0.2) is 0 Å². The summed E-state index contributed by atoms with van der Waals surface area (Å²) in [5.41, 5.74) is 5.12. The fourth-order valence-corrected chi connectivity index (χ4v) is 1.36. The van der Waals surface area contributed by atoms with E-state index in [9.17, 15) is 4.79 Å². The minimum absolute atomic E-state index is 0. The Kier molecular flexibility index (Phi) is 6.03. The number of hydrogen-bond donors (Lipinski definition) is 1. The van der Waals surface area contributed by atoms with Crippen molar-refractivity contribution < 1.29 is 9.53 Å². The zero-order chi connectivity index (χ0) is 8.97. The number of methoxy groups -OCH3 is 1. The number of rotatable bonds is 5. The zero-order valence-electron chi connectivity index (χ0n) is 7.86. The van der Waals surface area contributed by atoms with Gasteiger partial charge in [0.2, 0.25) is 5.91 Å². The third kappa shape index (κ3) is 3.93. The van der Waals surface area contributed by atoms with Crippen LogP contribution in [0.15, 0.2) is 0 Å². The minimum atomic E-state index is -0.169. The number of hydrogen-bond acceptors (Lipinski definition) is 3. The van der Waals surface area contributed by atoms with E-state index in [-0.39, 0.29) is 24.2 Å². The van der Waals surface area contributed by atoms with E-state index in [0.29, 0.717) is 0 Å². The topological polar surface area (TPSA) is 55.6 Å². The molecule has 13 heavy (non-hydrogen) atoms. The lowest BCUT2D eigenvalue weighted by Crippen LogP contribution is -2.52. The van der Waals surface area contributed by atoms with E-state index in [1.165, 1.54) is 0 Å². The predicted molar refractivity (Wildman–Crippen MR) is 52.9 cm³/mol. The van der Waals surface area contributed by atoms with Crippen LogP contribution in [-0.4, -0.2) is 44.2 Å². The van der Waals surface area contributed by atoms with Crippen LogP contribution >= 0.6 is 12.4 Å². The molecule has 0 spiro atoms. The summed E-state index contributed by atoms with van der Waals surface area (Å²) in [5, 5.41) is 0. The first-order chi connectivity index (χ1) is 5.74. The first-order valence-electron chi connectivity index (χ1n) is 4.24. The highest BCUT2D eigenvalue weighted by molar-refractivity contribution is 5.85. The number of carbonyl (C=O) groups excluding carboxylic acids is 1. The van der Waals surface area contributed by atoms with Crippen molar-refractivity contribution in [3.05, 3.63) is 0 Å². The summed E-state index contributed by atoms with van der Waals surface area (Å²) < 4.78 is 4.92. The maximum absolute atomic E-state index is 10.6. The molecule has 78 valence electrons. The third-order valence-corrected chi connectivity index (χ3v) is 2.18. The lowest BCUT2D eigenvalue weighted by Gasteiger charge is -2.37. The van der Waals surface area contributed by atoms with Crippen LogP contribution in [0.2, 0.25) is 0 Å². The number of nitrogens with zero attached hydrogens (tertiary/aromatic N) is 1. The maximum Gasteiger partial charge on any atom is 0.223 e. The Bertz CT molecular complexity index is 160. The van der Waals surface area contributed by atoms with Gasteiger partial charge in [-0.2, -0.15) is 0 Å². The standard InChI is InChI=1S/C8H16N2O2.ClH/c1-12-4-2-3-10-5-7(6-10)8(9)11;/h7H,2-6H2,1H3,(H2,9,11);1H. The number of carbonyl (C=O) groups is 1. The third-order valence-electron chi connectivity index (χ3n) is 2.18. The molecule has 1 aliphatic rings. The highest BCUT2D eigenvalue weighted by atomic mass is 35.5. The van der Waals surface area contributed by atoms with Crippen molar-refractivity contribution in [3.8, 4) is 0 Å². The van der Waals surface area contributed by atoms with Gasteiger partial charge in [0.05, 0.1) is 5.92 Å². The van der Waals surface area contributed by atoms with Crippen LogP contribution in [0, 0.1) is 5.92 Å². The summed E-state index contributed by atoms with van der Waals surface area (Å²) in [5.74, 6) is -0.0782. The molecule has 1 aliphatic heterocycles. The Balaban J connectivity index is 0.00000144. The Morgan fingerprint density at radius 1 is 1.62 bits per heavy atom. The van der Waals surface area contributed by atoms with Gasteiger partial charge in [0.25, 0.3) is 0 Å². The SMILES string of the molecule is COCCCN1CC(C(N)=O)C1.Cl. The molecule has 0 saturated carbocycles. The van der Waals surface area contributed by atoms with Gasteiger partial charge in [0.15, 0.2) is 0 Å². The molecule has 1 rings (SSSR count). The second kappa shape index (κ2) is 6.18. The molecule has 1 saturated heterocycles. The summed E-state index contributed by atoms with van der Waals surface area (Å²) in [7, 11) is 1.70. The van der Waals surface area contributed by atoms with Gasteiger partial charge in [-0.15, -0.1) is 12.4 Å². The second-order valence-corrected chi connectivity index (χ2v) is 3.21. The van der Waals surface area contributed by atoms with Crippen molar-refractivity contribution in [1.29, 1.82) is 0 Å². The van der Waals surface area contributed by atoms with Gasteiger partial charge in [0, 0.05) is 33.4 Å². The molecule has 2 N–H and O–H groups in total. The molecule has 1 fully saturated rings. The van der Waals surface area contributed by atoms with E-state index >= 15 is 0 Å². The molecule has 0 aromatic heterocycles. The predicted octanol–water partition coefficient (Wildman–Crippen LogP) is -0.138. The van der Waals surface area contributed by atoms with Crippen molar-refractivity contribution in [1.82, 2.24) is 4.90 Å². The molecule has 0 aromatic rings. The highest BCUT2D eigenvalue weighted by Gasteiger charge is 2.29. The Labute approximate surface area is 84.8 Å². The molecule has 4 nitrogen and oxygen atoms in total. The van der Waals surface area contributed by atoms with E-state index < -0.39 is 0 Å².